The van der Waals surface area contributed by atoms with E-state index in [1.807, 2.05) is 12.1 Å². The SMILES string of the molecule is C[C@H](C(=O)O)N(C)C(=O)[C@@H]1C[C@@H]1c1cccnc1. The van der Waals surface area contributed by atoms with Gasteiger partial charge in [0, 0.05) is 25.4 Å². The van der Waals surface area contributed by atoms with Crippen LogP contribution in [0.2, 0.25) is 0 Å². The molecule has 1 aromatic rings. The predicted octanol–water partition coefficient (Wildman–Crippen LogP) is 1.12. The zero-order valence-electron chi connectivity index (χ0n) is 10.4. The summed E-state index contributed by atoms with van der Waals surface area (Å²) in [4.78, 5) is 28.3. The zero-order chi connectivity index (χ0) is 13.3. The second-order valence-corrected chi connectivity index (χ2v) is 4.70. The van der Waals surface area contributed by atoms with E-state index in [-0.39, 0.29) is 17.7 Å². The Morgan fingerprint density at radius 3 is 2.83 bits per heavy atom. The lowest BCUT2D eigenvalue weighted by Gasteiger charge is -2.21. The number of aromatic nitrogens is 1. The molecule has 0 unspecified atom stereocenters. The molecule has 1 aliphatic carbocycles. The number of hydrogen-bond acceptors (Lipinski definition) is 3. The summed E-state index contributed by atoms with van der Waals surface area (Å²) < 4.78 is 0. The Kier molecular flexibility index (Phi) is 3.32. The highest BCUT2D eigenvalue weighted by atomic mass is 16.4. The molecule has 0 aromatic carbocycles. The number of aliphatic carboxylic acids is 1. The average molecular weight is 248 g/mol. The molecule has 96 valence electrons. The van der Waals surface area contributed by atoms with Gasteiger partial charge in [-0.05, 0) is 30.9 Å². The van der Waals surface area contributed by atoms with Crippen molar-refractivity contribution < 1.29 is 14.7 Å². The van der Waals surface area contributed by atoms with Crippen molar-refractivity contribution in [1.82, 2.24) is 9.88 Å². The Labute approximate surface area is 105 Å². The van der Waals surface area contributed by atoms with E-state index < -0.39 is 12.0 Å². The molecule has 1 aliphatic rings. The van der Waals surface area contributed by atoms with Crippen LogP contribution in [0.25, 0.3) is 0 Å². The van der Waals surface area contributed by atoms with Gasteiger partial charge in [-0.3, -0.25) is 9.78 Å². The van der Waals surface area contributed by atoms with E-state index in [4.69, 9.17) is 5.11 Å². The molecular formula is C13H16N2O3. The van der Waals surface area contributed by atoms with Crippen LogP contribution in [0.1, 0.15) is 24.8 Å². The smallest absolute Gasteiger partial charge is 0.326 e. The topological polar surface area (TPSA) is 70.5 Å². The van der Waals surface area contributed by atoms with Crippen molar-refractivity contribution in [1.29, 1.82) is 0 Å². The number of amides is 1. The quantitative estimate of drug-likeness (QED) is 0.866. The van der Waals surface area contributed by atoms with Crippen LogP contribution in [0, 0.1) is 5.92 Å². The summed E-state index contributed by atoms with van der Waals surface area (Å²) in [6.07, 6.45) is 4.24. The number of carboxylic acid groups (broad SMARTS) is 1. The molecule has 2 rings (SSSR count). The molecule has 0 aliphatic heterocycles. The van der Waals surface area contributed by atoms with Gasteiger partial charge in [0.25, 0.3) is 0 Å². The Hall–Kier alpha value is -1.91. The first kappa shape index (κ1) is 12.5. The van der Waals surface area contributed by atoms with Crippen LogP contribution in [0.5, 0.6) is 0 Å². The monoisotopic (exact) mass is 248 g/mol. The molecule has 0 radical (unpaired) electrons. The number of likely N-dealkylation sites (N-methyl/N-ethyl adjacent to an activating group) is 1. The van der Waals surface area contributed by atoms with Crippen molar-refractivity contribution in [3.63, 3.8) is 0 Å². The van der Waals surface area contributed by atoms with Gasteiger partial charge in [-0.2, -0.15) is 0 Å². The Balaban J connectivity index is 1.99. The maximum absolute atomic E-state index is 12.1. The summed E-state index contributed by atoms with van der Waals surface area (Å²) >= 11 is 0. The molecule has 1 fully saturated rings. The van der Waals surface area contributed by atoms with Crippen molar-refractivity contribution in [2.75, 3.05) is 7.05 Å². The lowest BCUT2D eigenvalue weighted by molar-refractivity contribution is -0.148. The minimum atomic E-state index is -0.982. The van der Waals surface area contributed by atoms with Gasteiger partial charge in [0.15, 0.2) is 0 Å². The molecular weight excluding hydrogens is 232 g/mol. The maximum atomic E-state index is 12.1. The van der Waals surface area contributed by atoms with Crippen molar-refractivity contribution >= 4 is 11.9 Å². The highest BCUT2D eigenvalue weighted by molar-refractivity contribution is 5.87. The third kappa shape index (κ3) is 2.34. The van der Waals surface area contributed by atoms with E-state index in [1.165, 1.54) is 11.8 Å². The average Bonchev–Trinajstić information content (AvgIpc) is 3.17. The zero-order valence-corrected chi connectivity index (χ0v) is 10.4. The summed E-state index contributed by atoms with van der Waals surface area (Å²) in [7, 11) is 1.54. The van der Waals surface area contributed by atoms with Crippen LogP contribution in [0.4, 0.5) is 0 Å². The van der Waals surface area contributed by atoms with Crippen LogP contribution in [-0.2, 0) is 9.59 Å². The second kappa shape index (κ2) is 4.76. The number of nitrogens with zero attached hydrogens (tertiary/aromatic N) is 2. The van der Waals surface area contributed by atoms with E-state index in [2.05, 4.69) is 4.98 Å². The van der Waals surface area contributed by atoms with Gasteiger partial charge in [0.2, 0.25) is 5.91 Å². The third-order valence-electron chi connectivity index (χ3n) is 3.51. The van der Waals surface area contributed by atoms with Crippen LogP contribution in [0.3, 0.4) is 0 Å². The van der Waals surface area contributed by atoms with Gasteiger partial charge < -0.3 is 10.0 Å². The van der Waals surface area contributed by atoms with Gasteiger partial charge in [0.05, 0.1) is 0 Å². The molecule has 1 amide bonds. The molecule has 18 heavy (non-hydrogen) atoms. The van der Waals surface area contributed by atoms with Gasteiger partial charge in [-0.1, -0.05) is 6.07 Å². The Bertz CT molecular complexity index is 461. The minimum absolute atomic E-state index is 0.0963. The molecule has 3 atom stereocenters. The Morgan fingerprint density at radius 2 is 2.28 bits per heavy atom. The summed E-state index contributed by atoms with van der Waals surface area (Å²) in [5.41, 5.74) is 1.05. The second-order valence-electron chi connectivity index (χ2n) is 4.70. The summed E-state index contributed by atoms with van der Waals surface area (Å²) in [5, 5.41) is 8.88. The Morgan fingerprint density at radius 1 is 1.56 bits per heavy atom. The fraction of sp³-hybridized carbons (Fsp3) is 0.462. The van der Waals surface area contributed by atoms with Gasteiger partial charge >= 0.3 is 5.97 Å². The standard InChI is InChI=1S/C13H16N2O3/c1-8(13(17)18)15(2)12(16)11-6-10(11)9-4-3-5-14-7-9/h3-5,7-8,10-11H,6H2,1-2H3,(H,17,18)/t8-,10-,11-/m1/s1. The molecule has 0 saturated heterocycles. The highest BCUT2D eigenvalue weighted by Gasteiger charge is 2.46. The normalized spacial score (nSPS) is 23.2. The lowest BCUT2D eigenvalue weighted by Crippen LogP contribution is -2.41. The van der Waals surface area contributed by atoms with Crippen molar-refractivity contribution in [3.05, 3.63) is 30.1 Å². The van der Waals surface area contributed by atoms with Crippen LogP contribution in [0.15, 0.2) is 24.5 Å². The van der Waals surface area contributed by atoms with E-state index in [1.54, 1.807) is 19.4 Å². The fourth-order valence-corrected chi connectivity index (χ4v) is 2.05. The number of rotatable bonds is 4. The van der Waals surface area contributed by atoms with E-state index >= 15 is 0 Å². The van der Waals surface area contributed by atoms with E-state index in [9.17, 15) is 9.59 Å². The molecule has 0 spiro atoms. The molecule has 0 bridgehead atoms. The predicted molar refractivity (Wildman–Crippen MR) is 65.0 cm³/mol. The summed E-state index contributed by atoms with van der Waals surface area (Å²) in [6.45, 7) is 1.52. The number of carboxylic acids is 1. The summed E-state index contributed by atoms with van der Waals surface area (Å²) in [6, 6.07) is 3.01. The van der Waals surface area contributed by atoms with Gasteiger partial charge in [0.1, 0.15) is 6.04 Å². The first-order chi connectivity index (χ1) is 8.52. The van der Waals surface area contributed by atoms with Crippen molar-refractivity contribution in [3.8, 4) is 0 Å². The minimum Gasteiger partial charge on any atom is -0.480 e. The van der Waals surface area contributed by atoms with Crippen molar-refractivity contribution in [2.24, 2.45) is 5.92 Å². The number of carbonyl (C=O) groups excluding carboxylic acids is 1. The molecule has 5 heteroatoms. The third-order valence-corrected chi connectivity index (χ3v) is 3.51. The number of hydrogen-bond donors (Lipinski definition) is 1. The van der Waals surface area contributed by atoms with Crippen LogP contribution in [-0.4, -0.2) is 40.0 Å². The number of pyridine rings is 1. The maximum Gasteiger partial charge on any atom is 0.326 e. The van der Waals surface area contributed by atoms with E-state index in [0.29, 0.717) is 0 Å². The molecule has 1 saturated carbocycles. The highest BCUT2D eigenvalue weighted by Crippen LogP contribution is 2.48. The largest absolute Gasteiger partial charge is 0.480 e. The van der Waals surface area contributed by atoms with Crippen molar-refractivity contribution in [2.45, 2.75) is 25.3 Å². The van der Waals surface area contributed by atoms with Crippen LogP contribution >= 0.6 is 0 Å². The lowest BCUT2D eigenvalue weighted by atomic mass is 10.1. The molecule has 1 aromatic heterocycles. The van der Waals surface area contributed by atoms with E-state index in [0.717, 1.165) is 12.0 Å². The van der Waals surface area contributed by atoms with Gasteiger partial charge in [-0.15, -0.1) is 0 Å². The summed E-state index contributed by atoms with van der Waals surface area (Å²) in [5.74, 6) is -0.987. The first-order valence-corrected chi connectivity index (χ1v) is 5.91. The number of carbonyl (C=O) groups is 2. The molecule has 1 heterocycles. The molecule has 5 nitrogen and oxygen atoms in total. The molecule has 1 N–H and O–H groups in total. The fourth-order valence-electron chi connectivity index (χ4n) is 2.05. The van der Waals surface area contributed by atoms with Gasteiger partial charge in [-0.25, -0.2) is 4.79 Å². The van der Waals surface area contributed by atoms with Crippen LogP contribution < -0.4 is 0 Å². The first-order valence-electron chi connectivity index (χ1n) is 5.91.